The van der Waals surface area contributed by atoms with Crippen LogP contribution in [-0.2, 0) is 0 Å². The first kappa shape index (κ1) is 18.3. The highest BCUT2D eigenvalue weighted by Crippen LogP contribution is 2.34. The van der Waals surface area contributed by atoms with E-state index in [0.29, 0.717) is 30.3 Å². The van der Waals surface area contributed by atoms with Crippen LogP contribution in [0.25, 0.3) is 11.1 Å². The topological polar surface area (TPSA) is 43.8 Å². The van der Waals surface area contributed by atoms with Crippen LogP contribution in [-0.4, -0.2) is 42.3 Å². The standard InChI is InChI=1S/C20H22F2N2O2/c1-23-12-5-6-14(23)11-13-24(20(25)26)18-10-3-2-7-15(18)16-8-4-9-17(21)19(16)22/h2-4,7-10,14H,5-6,11-13H2,1H3,(H,25,26). The van der Waals surface area contributed by atoms with E-state index in [1.165, 1.54) is 17.0 Å². The number of halogens is 2. The number of rotatable bonds is 5. The first-order chi connectivity index (χ1) is 12.5. The van der Waals surface area contributed by atoms with Gasteiger partial charge in [-0.25, -0.2) is 13.6 Å². The maximum absolute atomic E-state index is 14.3. The van der Waals surface area contributed by atoms with E-state index in [1.807, 2.05) is 7.05 Å². The van der Waals surface area contributed by atoms with Crippen LogP contribution in [0.15, 0.2) is 42.5 Å². The van der Waals surface area contributed by atoms with Crippen molar-refractivity contribution in [3.05, 3.63) is 54.1 Å². The Hall–Kier alpha value is -2.47. The summed E-state index contributed by atoms with van der Waals surface area (Å²) in [4.78, 5) is 15.3. The Kier molecular flexibility index (Phi) is 5.52. The Morgan fingerprint density at radius 1 is 1.19 bits per heavy atom. The third-order valence-electron chi connectivity index (χ3n) is 5.02. The van der Waals surface area contributed by atoms with Gasteiger partial charge in [-0.3, -0.25) is 4.90 Å². The van der Waals surface area contributed by atoms with E-state index in [9.17, 15) is 18.7 Å². The Balaban J connectivity index is 1.93. The average molecular weight is 360 g/mol. The molecule has 0 aliphatic carbocycles. The van der Waals surface area contributed by atoms with Crippen molar-refractivity contribution in [2.45, 2.75) is 25.3 Å². The number of likely N-dealkylation sites (tertiary alicyclic amines) is 1. The summed E-state index contributed by atoms with van der Waals surface area (Å²) >= 11 is 0. The van der Waals surface area contributed by atoms with E-state index < -0.39 is 17.7 Å². The van der Waals surface area contributed by atoms with Gasteiger partial charge in [0.1, 0.15) is 0 Å². The number of carbonyl (C=O) groups is 1. The molecule has 1 saturated heterocycles. The van der Waals surface area contributed by atoms with Crippen molar-refractivity contribution in [1.82, 2.24) is 4.90 Å². The van der Waals surface area contributed by atoms with Gasteiger partial charge in [-0.15, -0.1) is 0 Å². The van der Waals surface area contributed by atoms with Gasteiger partial charge in [0.15, 0.2) is 11.6 Å². The summed E-state index contributed by atoms with van der Waals surface area (Å²) in [5.74, 6) is -1.92. The highest BCUT2D eigenvalue weighted by molar-refractivity contribution is 5.92. The third kappa shape index (κ3) is 3.70. The van der Waals surface area contributed by atoms with Crippen molar-refractivity contribution in [2.75, 3.05) is 25.0 Å². The zero-order valence-electron chi connectivity index (χ0n) is 14.7. The first-order valence-corrected chi connectivity index (χ1v) is 8.73. The number of carboxylic acid groups (broad SMARTS) is 1. The molecule has 1 N–H and O–H groups in total. The van der Waals surface area contributed by atoms with Crippen molar-refractivity contribution < 1.29 is 18.7 Å². The number of nitrogens with zero attached hydrogens (tertiary/aromatic N) is 2. The summed E-state index contributed by atoms with van der Waals surface area (Å²) in [6, 6.07) is 10.9. The zero-order chi connectivity index (χ0) is 18.7. The minimum Gasteiger partial charge on any atom is -0.465 e. The van der Waals surface area contributed by atoms with Crippen molar-refractivity contribution in [3.8, 4) is 11.1 Å². The molecule has 1 fully saturated rings. The van der Waals surface area contributed by atoms with Gasteiger partial charge in [0.25, 0.3) is 0 Å². The number of para-hydroxylation sites is 1. The van der Waals surface area contributed by atoms with Crippen LogP contribution in [0.5, 0.6) is 0 Å². The van der Waals surface area contributed by atoms with E-state index in [1.54, 1.807) is 24.3 Å². The molecule has 1 heterocycles. The fraction of sp³-hybridized carbons (Fsp3) is 0.350. The van der Waals surface area contributed by atoms with Crippen molar-refractivity contribution >= 4 is 11.8 Å². The monoisotopic (exact) mass is 360 g/mol. The van der Waals surface area contributed by atoms with Crippen molar-refractivity contribution in [1.29, 1.82) is 0 Å². The fourth-order valence-electron chi connectivity index (χ4n) is 3.59. The van der Waals surface area contributed by atoms with Crippen LogP contribution in [0.1, 0.15) is 19.3 Å². The van der Waals surface area contributed by atoms with E-state index in [4.69, 9.17) is 0 Å². The normalized spacial score (nSPS) is 17.4. The van der Waals surface area contributed by atoms with Gasteiger partial charge < -0.3 is 10.0 Å². The van der Waals surface area contributed by atoms with Gasteiger partial charge in [-0.05, 0) is 45.0 Å². The molecule has 2 aromatic rings. The summed E-state index contributed by atoms with van der Waals surface area (Å²) in [5.41, 5.74) is 0.793. The maximum atomic E-state index is 14.3. The Morgan fingerprint density at radius 3 is 2.62 bits per heavy atom. The maximum Gasteiger partial charge on any atom is 0.411 e. The van der Waals surface area contributed by atoms with Gasteiger partial charge in [0.2, 0.25) is 0 Å². The summed E-state index contributed by atoms with van der Waals surface area (Å²) in [6.07, 6.45) is 1.75. The number of benzene rings is 2. The van der Waals surface area contributed by atoms with Crippen LogP contribution in [0.4, 0.5) is 19.3 Å². The molecule has 2 aromatic carbocycles. The smallest absolute Gasteiger partial charge is 0.411 e. The van der Waals surface area contributed by atoms with Crippen LogP contribution < -0.4 is 4.90 Å². The summed E-state index contributed by atoms with van der Waals surface area (Å²) in [7, 11) is 2.04. The van der Waals surface area contributed by atoms with Gasteiger partial charge >= 0.3 is 6.09 Å². The molecular formula is C20H22F2N2O2. The van der Waals surface area contributed by atoms with Gasteiger partial charge in [0, 0.05) is 23.7 Å². The van der Waals surface area contributed by atoms with E-state index in [-0.39, 0.29) is 5.56 Å². The molecule has 4 nitrogen and oxygen atoms in total. The van der Waals surface area contributed by atoms with Crippen LogP contribution in [0.2, 0.25) is 0 Å². The molecule has 1 unspecified atom stereocenters. The van der Waals surface area contributed by atoms with E-state index >= 15 is 0 Å². The Morgan fingerprint density at radius 2 is 1.92 bits per heavy atom. The van der Waals surface area contributed by atoms with Crippen LogP contribution in [0, 0.1) is 11.6 Å². The predicted octanol–water partition coefficient (Wildman–Crippen LogP) is 4.60. The second-order valence-corrected chi connectivity index (χ2v) is 6.62. The van der Waals surface area contributed by atoms with Crippen LogP contribution in [0.3, 0.4) is 0 Å². The highest BCUT2D eigenvalue weighted by Gasteiger charge is 2.25. The third-order valence-corrected chi connectivity index (χ3v) is 5.02. The van der Waals surface area contributed by atoms with E-state index in [0.717, 1.165) is 25.5 Å². The molecule has 138 valence electrons. The SMILES string of the molecule is CN1CCCC1CCN(C(=O)O)c1ccccc1-c1cccc(F)c1F. The molecule has 0 bridgehead atoms. The highest BCUT2D eigenvalue weighted by atomic mass is 19.2. The lowest BCUT2D eigenvalue weighted by molar-refractivity contribution is 0.200. The van der Waals surface area contributed by atoms with Gasteiger partial charge in [0.05, 0.1) is 5.69 Å². The summed E-state index contributed by atoms with van der Waals surface area (Å²) in [5, 5.41) is 9.71. The molecule has 6 heteroatoms. The lowest BCUT2D eigenvalue weighted by Crippen LogP contribution is -2.35. The Labute approximate surface area is 151 Å². The number of anilines is 1. The van der Waals surface area contributed by atoms with Gasteiger partial charge in [-0.2, -0.15) is 0 Å². The quantitative estimate of drug-likeness (QED) is 0.847. The lowest BCUT2D eigenvalue weighted by Gasteiger charge is -2.26. The Bertz CT molecular complexity index is 797. The van der Waals surface area contributed by atoms with Crippen molar-refractivity contribution in [2.24, 2.45) is 0 Å². The lowest BCUT2D eigenvalue weighted by atomic mass is 10.0. The zero-order valence-corrected chi connectivity index (χ0v) is 14.7. The molecule has 1 aliphatic heterocycles. The van der Waals surface area contributed by atoms with Crippen LogP contribution >= 0.6 is 0 Å². The van der Waals surface area contributed by atoms with Crippen molar-refractivity contribution in [3.63, 3.8) is 0 Å². The molecule has 0 saturated carbocycles. The minimum absolute atomic E-state index is 0.0600. The van der Waals surface area contributed by atoms with E-state index in [2.05, 4.69) is 4.90 Å². The number of hydrogen-bond donors (Lipinski definition) is 1. The molecule has 3 rings (SSSR count). The second kappa shape index (κ2) is 7.83. The number of hydrogen-bond acceptors (Lipinski definition) is 2. The second-order valence-electron chi connectivity index (χ2n) is 6.62. The molecule has 0 aromatic heterocycles. The average Bonchev–Trinajstić information content (AvgIpc) is 3.03. The molecule has 26 heavy (non-hydrogen) atoms. The molecule has 1 atom stereocenters. The molecule has 0 spiro atoms. The van der Waals surface area contributed by atoms with Gasteiger partial charge in [-0.1, -0.05) is 30.3 Å². The largest absolute Gasteiger partial charge is 0.465 e. The molecule has 1 aliphatic rings. The fourth-order valence-corrected chi connectivity index (χ4v) is 3.59. The first-order valence-electron chi connectivity index (χ1n) is 8.73. The predicted molar refractivity (Wildman–Crippen MR) is 97.4 cm³/mol. The molecule has 1 amide bonds. The minimum atomic E-state index is -1.10. The number of amides is 1. The molecular weight excluding hydrogens is 338 g/mol. The summed E-state index contributed by atoms with van der Waals surface area (Å²) in [6.45, 7) is 1.32. The summed E-state index contributed by atoms with van der Waals surface area (Å²) < 4.78 is 27.9. The molecule has 0 radical (unpaired) electrons.